The maximum atomic E-state index is 13.6. The second-order valence-corrected chi connectivity index (χ2v) is 8.87. The number of hydrogen-bond donors (Lipinski definition) is 0. The molecule has 0 saturated heterocycles. The predicted molar refractivity (Wildman–Crippen MR) is 150 cm³/mol. The highest BCUT2D eigenvalue weighted by atomic mass is 16.5. The van der Waals surface area contributed by atoms with Gasteiger partial charge in [-0.25, -0.2) is 4.98 Å². The number of rotatable bonds is 6. The summed E-state index contributed by atoms with van der Waals surface area (Å²) in [5.74, 6) is 1.29. The molecule has 0 bridgehead atoms. The average Bonchev–Trinajstić information content (AvgIpc) is 3.30. The number of fused-ring (bicyclic) bond motifs is 2. The molecule has 0 aliphatic heterocycles. The largest absolute Gasteiger partial charge is 0.497 e. The number of ether oxygens (including phenoxy) is 1. The molecule has 0 unspecified atom stereocenters. The predicted octanol–water partition coefficient (Wildman–Crippen LogP) is 6.57. The van der Waals surface area contributed by atoms with Gasteiger partial charge in [0.15, 0.2) is 0 Å². The molecular formula is C32H25N3O2. The average molecular weight is 484 g/mol. The van der Waals surface area contributed by atoms with Crippen LogP contribution >= 0.6 is 0 Å². The second-order valence-electron chi connectivity index (χ2n) is 8.87. The normalized spacial score (nSPS) is 11.5. The molecule has 0 amide bonds. The molecule has 5 nitrogen and oxygen atoms in total. The first-order chi connectivity index (χ1) is 18.2. The number of methoxy groups -OCH3 is 1. The van der Waals surface area contributed by atoms with Gasteiger partial charge in [0.2, 0.25) is 0 Å². The minimum atomic E-state index is -0.109. The Labute approximate surface area is 214 Å². The quantitative estimate of drug-likeness (QED) is 0.269. The van der Waals surface area contributed by atoms with Gasteiger partial charge in [-0.2, -0.15) is 0 Å². The van der Waals surface area contributed by atoms with E-state index < -0.39 is 0 Å². The number of hydrogen-bond acceptors (Lipinski definition) is 3. The van der Waals surface area contributed by atoms with Gasteiger partial charge in [0.1, 0.15) is 11.6 Å². The van der Waals surface area contributed by atoms with Gasteiger partial charge in [-0.15, -0.1) is 0 Å². The molecule has 0 N–H and O–H groups in total. The number of para-hydroxylation sites is 2. The van der Waals surface area contributed by atoms with Crippen LogP contribution in [-0.4, -0.2) is 21.2 Å². The first-order valence-corrected chi connectivity index (χ1v) is 12.2. The van der Waals surface area contributed by atoms with Crippen molar-refractivity contribution in [3.8, 4) is 11.4 Å². The van der Waals surface area contributed by atoms with Gasteiger partial charge >= 0.3 is 0 Å². The van der Waals surface area contributed by atoms with E-state index in [1.807, 2.05) is 72.8 Å². The topological polar surface area (TPSA) is 49.0 Å². The fourth-order valence-corrected chi connectivity index (χ4v) is 4.73. The van der Waals surface area contributed by atoms with Crippen molar-refractivity contribution < 1.29 is 4.74 Å². The smallest absolute Gasteiger partial charge is 0.266 e. The molecular weight excluding hydrogens is 458 g/mol. The van der Waals surface area contributed by atoms with Gasteiger partial charge in [-0.1, -0.05) is 60.7 Å². The maximum Gasteiger partial charge on any atom is 0.266 e. The molecule has 0 radical (unpaired) electrons. The minimum absolute atomic E-state index is 0.109. The van der Waals surface area contributed by atoms with Crippen molar-refractivity contribution in [3.05, 3.63) is 137 Å². The first kappa shape index (κ1) is 22.6. The van der Waals surface area contributed by atoms with Crippen LogP contribution in [-0.2, 0) is 6.54 Å². The molecule has 2 heterocycles. The molecule has 6 aromatic rings. The summed E-state index contributed by atoms with van der Waals surface area (Å²) in [6.07, 6.45) is 6.12. The zero-order valence-electron chi connectivity index (χ0n) is 20.4. The summed E-state index contributed by atoms with van der Waals surface area (Å²) in [6, 6.07) is 33.7. The van der Waals surface area contributed by atoms with E-state index in [-0.39, 0.29) is 5.56 Å². The van der Waals surface area contributed by atoms with Crippen molar-refractivity contribution in [2.45, 2.75) is 6.54 Å². The van der Waals surface area contributed by atoms with Gasteiger partial charge in [-0.05, 0) is 60.2 Å². The Hall–Kier alpha value is -4.90. The van der Waals surface area contributed by atoms with Gasteiger partial charge in [0.25, 0.3) is 5.56 Å². The Morgan fingerprint density at radius 1 is 0.784 bits per heavy atom. The van der Waals surface area contributed by atoms with Gasteiger partial charge in [0.05, 0.1) is 23.7 Å². The minimum Gasteiger partial charge on any atom is -0.497 e. The van der Waals surface area contributed by atoms with Crippen molar-refractivity contribution in [2.75, 3.05) is 7.11 Å². The van der Waals surface area contributed by atoms with Crippen LogP contribution in [0.25, 0.3) is 39.6 Å². The van der Waals surface area contributed by atoms with Gasteiger partial charge in [0, 0.05) is 29.2 Å². The molecule has 180 valence electrons. The highest BCUT2D eigenvalue weighted by Gasteiger charge is 2.12. The molecule has 0 spiro atoms. The summed E-state index contributed by atoms with van der Waals surface area (Å²) in [6.45, 7) is 0.778. The lowest BCUT2D eigenvalue weighted by molar-refractivity contribution is 0.414. The first-order valence-electron chi connectivity index (χ1n) is 12.2. The Kier molecular flexibility index (Phi) is 5.87. The van der Waals surface area contributed by atoms with Crippen LogP contribution in [0.15, 0.2) is 114 Å². The van der Waals surface area contributed by atoms with Crippen molar-refractivity contribution >= 4 is 34.0 Å². The molecule has 0 aliphatic carbocycles. The molecule has 2 aromatic heterocycles. The number of aromatic nitrogens is 3. The van der Waals surface area contributed by atoms with Crippen LogP contribution in [0.3, 0.4) is 0 Å². The third kappa shape index (κ3) is 4.32. The van der Waals surface area contributed by atoms with Gasteiger partial charge < -0.3 is 9.30 Å². The summed E-state index contributed by atoms with van der Waals surface area (Å²) in [5, 5.41) is 1.73. The monoisotopic (exact) mass is 483 g/mol. The Balaban J connectivity index is 1.48. The van der Waals surface area contributed by atoms with E-state index in [4.69, 9.17) is 9.72 Å². The van der Waals surface area contributed by atoms with Crippen molar-refractivity contribution in [1.82, 2.24) is 14.1 Å². The maximum absolute atomic E-state index is 13.6. The molecule has 0 fully saturated rings. The Morgan fingerprint density at radius 2 is 1.49 bits per heavy atom. The number of nitrogens with zero attached hydrogens (tertiary/aromatic N) is 3. The Morgan fingerprint density at radius 3 is 2.27 bits per heavy atom. The Bertz CT molecular complexity index is 1800. The zero-order valence-corrected chi connectivity index (χ0v) is 20.4. The fourth-order valence-electron chi connectivity index (χ4n) is 4.73. The molecule has 0 aliphatic rings. The summed E-state index contributed by atoms with van der Waals surface area (Å²) in [7, 11) is 1.63. The number of benzene rings is 4. The van der Waals surface area contributed by atoms with E-state index in [9.17, 15) is 4.79 Å². The lowest BCUT2D eigenvalue weighted by atomic mass is 10.1. The molecule has 6 rings (SSSR count). The van der Waals surface area contributed by atoms with Crippen LogP contribution in [0.5, 0.6) is 5.75 Å². The third-order valence-electron chi connectivity index (χ3n) is 6.56. The SMILES string of the molecule is COc1ccc(-n2c(/C=C\c3cn(Cc4ccccc4)c4ccccc34)nc3ccccc3c2=O)cc1. The second kappa shape index (κ2) is 9.63. The van der Waals surface area contributed by atoms with E-state index >= 15 is 0 Å². The van der Waals surface area contributed by atoms with Crippen molar-refractivity contribution in [2.24, 2.45) is 0 Å². The van der Waals surface area contributed by atoms with Crippen LogP contribution < -0.4 is 10.3 Å². The van der Waals surface area contributed by atoms with E-state index in [0.29, 0.717) is 16.7 Å². The molecule has 4 aromatic carbocycles. The highest BCUT2D eigenvalue weighted by Crippen LogP contribution is 2.25. The van der Waals surface area contributed by atoms with Crippen LogP contribution in [0.4, 0.5) is 0 Å². The standard InChI is InChI=1S/C32H25N3O2/c1-37-26-18-16-25(17-19-26)35-31(33-29-13-7-5-12-28(29)32(35)36)20-15-24-22-34(21-23-9-3-2-4-10-23)30-14-8-6-11-27(24)30/h2-20,22H,21H2,1H3/b20-15-. The highest BCUT2D eigenvalue weighted by molar-refractivity contribution is 5.92. The van der Waals surface area contributed by atoms with E-state index in [0.717, 1.165) is 34.4 Å². The van der Waals surface area contributed by atoms with Crippen molar-refractivity contribution in [1.29, 1.82) is 0 Å². The molecule has 0 saturated carbocycles. The zero-order chi connectivity index (χ0) is 25.2. The van der Waals surface area contributed by atoms with E-state index in [2.05, 4.69) is 53.2 Å². The third-order valence-corrected chi connectivity index (χ3v) is 6.56. The molecule has 37 heavy (non-hydrogen) atoms. The summed E-state index contributed by atoms with van der Waals surface area (Å²) >= 11 is 0. The lowest BCUT2D eigenvalue weighted by Gasteiger charge is -2.12. The summed E-state index contributed by atoms with van der Waals surface area (Å²) in [5.41, 5.74) is 4.75. The van der Waals surface area contributed by atoms with Gasteiger partial charge in [-0.3, -0.25) is 9.36 Å². The van der Waals surface area contributed by atoms with Crippen LogP contribution in [0, 0.1) is 0 Å². The summed E-state index contributed by atoms with van der Waals surface area (Å²) < 4.78 is 9.22. The summed E-state index contributed by atoms with van der Waals surface area (Å²) in [4.78, 5) is 18.5. The molecule has 5 heteroatoms. The van der Waals surface area contributed by atoms with Crippen LogP contribution in [0.2, 0.25) is 0 Å². The van der Waals surface area contributed by atoms with E-state index in [1.54, 1.807) is 11.7 Å². The van der Waals surface area contributed by atoms with Crippen molar-refractivity contribution in [3.63, 3.8) is 0 Å². The van der Waals surface area contributed by atoms with E-state index in [1.165, 1.54) is 5.56 Å². The van der Waals surface area contributed by atoms with Crippen LogP contribution in [0.1, 0.15) is 17.0 Å². The fraction of sp³-hybridized carbons (Fsp3) is 0.0625. The lowest BCUT2D eigenvalue weighted by Crippen LogP contribution is -2.22. The molecule has 0 atom stereocenters.